The molecule has 0 spiro atoms. The first kappa shape index (κ1) is 13.6. The van der Waals surface area contributed by atoms with E-state index in [0.717, 1.165) is 10.0 Å². The summed E-state index contributed by atoms with van der Waals surface area (Å²) in [5.41, 5.74) is 1.45. The third-order valence-electron chi connectivity index (χ3n) is 2.60. The normalized spacial score (nSPS) is 10.0. The van der Waals surface area contributed by atoms with Gasteiger partial charge in [0.15, 0.2) is 0 Å². The van der Waals surface area contributed by atoms with Crippen molar-refractivity contribution in [2.45, 2.75) is 6.61 Å². The first-order valence-electron chi connectivity index (χ1n) is 5.75. The molecule has 0 saturated heterocycles. The molecule has 0 aliphatic carbocycles. The van der Waals surface area contributed by atoms with E-state index in [4.69, 9.17) is 9.47 Å². The fourth-order valence-corrected chi connectivity index (χ4v) is 2.14. The Morgan fingerprint density at radius 3 is 2.53 bits per heavy atom. The van der Waals surface area contributed by atoms with Gasteiger partial charge in [0, 0.05) is 0 Å². The molecule has 0 atom stereocenters. The standard InChI is InChI=1S/C15H13BrO3/c1-18-14-8-7-12(9-13(14)16)15(17)19-10-11-5-3-2-4-6-11/h2-9H,10H2,1H3. The fraction of sp³-hybridized carbons (Fsp3) is 0.133. The van der Waals surface area contributed by atoms with Gasteiger partial charge in [-0.2, -0.15) is 0 Å². The highest BCUT2D eigenvalue weighted by molar-refractivity contribution is 9.10. The van der Waals surface area contributed by atoms with Crippen LogP contribution in [0.2, 0.25) is 0 Å². The number of ether oxygens (including phenoxy) is 2. The molecular formula is C15H13BrO3. The second-order valence-corrected chi connectivity index (χ2v) is 4.77. The van der Waals surface area contributed by atoms with E-state index in [9.17, 15) is 4.79 Å². The van der Waals surface area contributed by atoms with Crippen molar-refractivity contribution >= 4 is 21.9 Å². The molecular weight excluding hydrogens is 308 g/mol. The van der Waals surface area contributed by atoms with Gasteiger partial charge in [-0.1, -0.05) is 30.3 Å². The summed E-state index contributed by atoms with van der Waals surface area (Å²) in [6.07, 6.45) is 0. The summed E-state index contributed by atoms with van der Waals surface area (Å²) in [7, 11) is 1.58. The molecule has 0 bridgehead atoms. The van der Waals surface area contributed by atoms with Crippen molar-refractivity contribution in [3.05, 3.63) is 64.1 Å². The number of rotatable bonds is 4. The van der Waals surface area contributed by atoms with Gasteiger partial charge in [0.25, 0.3) is 0 Å². The van der Waals surface area contributed by atoms with Crippen LogP contribution in [0.1, 0.15) is 15.9 Å². The molecule has 3 nitrogen and oxygen atoms in total. The van der Waals surface area contributed by atoms with Crippen LogP contribution in [0, 0.1) is 0 Å². The molecule has 0 aliphatic rings. The number of halogens is 1. The van der Waals surface area contributed by atoms with Crippen molar-refractivity contribution in [1.82, 2.24) is 0 Å². The van der Waals surface area contributed by atoms with Crippen molar-refractivity contribution in [1.29, 1.82) is 0 Å². The minimum atomic E-state index is -0.354. The van der Waals surface area contributed by atoms with Gasteiger partial charge in [0.1, 0.15) is 12.4 Å². The summed E-state index contributed by atoms with van der Waals surface area (Å²) >= 11 is 3.34. The van der Waals surface area contributed by atoms with E-state index < -0.39 is 0 Å². The minimum Gasteiger partial charge on any atom is -0.496 e. The predicted octanol–water partition coefficient (Wildman–Crippen LogP) is 3.81. The van der Waals surface area contributed by atoms with E-state index in [-0.39, 0.29) is 12.6 Å². The van der Waals surface area contributed by atoms with Gasteiger partial charge in [0.05, 0.1) is 17.1 Å². The fourth-order valence-electron chi connectivity index (χ4n) is 1.60. The molecule has 0 aliphatic heterocycles. The molecule has 0 fully saturated rings. The van der Waals surface area contributed by atoms with Gasteiger partial charge in [-0.15, -0.1) is 0 Å². The molecule has 4 heteroatoms. The van der Waals surface area contributed by atoms with E-state index in [1.165, 1.54) is 0 Å². The van der Waals surface area contributed by atoms with E-state index in [1.807, 2.05) is 30.3 Å². The zero-order chi connectivity index (χ0) is 13.7. The van der Waals surface area contributed by atoms with Crippen molar-refractivity contribution in [2.75, 3.05) is 7.11 Å². The van der Waals surface area contributed by atoms with Crippen LogP contribution in [0.4, 0.5) is 0 Å². The van der Waals surface area contributed by atoms with Crippen LogP contribution in [-0.2, 0) is 11.3 Å². The molecule has 0 N–H and O–H groups in total. The van der Waals surface area contributed by atoms with Crippen molar-refractivity contribution in [3.8, 4) is 5.75 Å². The SMILES string of the molecule is COc1ccc(C(=O)OCc2ccccc2)cc1Br. The molecule has 0 aromatic heterocycles. The Morgan fingerprint density at radius 1 is 1.16 bits per heavy atom. The van der Waals surface area contributed by atoms with Crippen molar-refractivity contribution < 1.29 is 14.3 Å². The zero-order valence-corrected chi connectivity index (χ0v) is 12.0. The van der Waals surface area contributed by atoms with Gasteiger partial charge < -0.3 is 9.47 Å². The lowest BCUT2D eigenvalue weighted by Crippen LogP contribution is -2.05. The Bertz CT molecular complexity index is 567. The molecule has 2 aromatic rings. The van der Waals surface area contributed by atoms with Crippen molar-refractivity contribution in [2.24, 2.45) is 0 Å². The van der Waals surface area contributed by atoms with Crippen LogP contribution in [0.15, 0.2) is 53.0 Å². The Balaban J connectivity index is 2.02. The third-order valence-corrected chi connectivity index (χ3v) is 3.22. The van der Waals surface area contributed by atoms with Crippen molar-refractivity contribution in [3.63, 3.8) is 0 Å². The summed E-state index contributed by atoms with van der Waals surface area (Å²) in [6.45, 7) is 0.267. The Kier molecular flexibility index (Phi) is 4.58. The van der Waals surface area contributed by atoms with E-state index >= 15 is 0 Å². The lowest BCUT2D eigenvalue weighted by Gasteiger charge is -2.07. The number of hydrogen-bond donors (Lipinski definition) is 0. The average Bonchev–Trinajstić information content (AvgIpc) is 2.45. The summed E-state index contributed by atoms with van der Waals surface area (Å²) in [5.74, 6) is 0.326. The molecule has 0 amide bonds. The van der Waals surface area contributed by atoms with Gasteiger partial charge in [-0.3, -0.25) is 0 Å². The topological polar surface area (TPSA) is 35.5 Å². The largest absolute Gasteiger partial charge is 0.496 e. The number of methoxy groups -OCH3 is 1. The maximum absolute atomic E-state index is 11.9. The number of hydrogen-bond acceptors (Lipinski definition) is 3. The minimum absolute atomic E-state index is 0.267. The van der Waals surface area contributed by atoms with Crippen LogP contribution in [0.5, 0.6) is 5.75 Å². The second-order valence-electron chi connectivity index (χ2n) is 3.91. The quantitative estimate of drug-likeness (QED) is 0.803. The molecule has 0 unspecified atom stereocenters. The Labute approximate surface area is 120 Å². The second kappa shape index (κ2) is 6.38. The van der Waals surface area contributed by atoms with E-state index in [0.29, 0.717) is 11.3 Å². The average molecular weight is 321 g/mol. The number of benzene rings is 2. The lowest BCUT2D eigenvalue weighted by molar-refractivity contribution is 0.0472. The first-order chi connectivity index (χ1) is 9.20. The Morgan fingerprint density at radius 2 is 1.89 bits per heavy atom. The summed E-state index contributed by atoms with van der Waals surface area (Å²) < 4.78 is 11.1. The molecule has 98 valence electrons. The summed E-state index contributed by atoms with van der Waals surface area (Å²) in [4.78, 5) is 11.9. The van der Waals surface area contributed by atoms with Gasteiger partial charge >= 0.3 is 5.97 Å². The number of carbonyl (C=O) groups is 1. The number of carbonyl (C=O) groups excluding carboxylic acids is 1. The predicted molar refractivity (Wildman–Crippen MR) is 76.3 cm³/mol. The zero-order valence-electron chi connectivity index (χ0n) is 10.4. The van der Waals surface area contributed by atoms with Crippen LogP contribution in [0.3, 0.4) is 0 Å². The van der Waals surface area contributed by atoms with Gasteiger partial charge in [-0.25, -0.2) is 4.79 Å². The van der Waals surface area contributed by atoms with E-state index in [2.05, 4.69) is 15.9 Å². The Hall–Kier alpha value is -1.81. The first-order valence-corrected chi connectivity index (χ1v) is 6.54. The highest BCUT2D eigenvalue weighted by Crippen LogP contribution is 2.25. The molecule has 0 heterocycles. The summed E-state index contributed by atoms with van der Waals surface area (Å²) in [5, 5.41) is 0. The highest BCUT2D eigenvalue weighted by Gasteiger charge is 2.10. The van der Waals surface area contributed by atoms with Gasteiger partial charge in [-0.05, 0) is 39.7 Å². The smallest absolute Gasteiger partial charge is 0.338 e. The molecule has 2 rings (SSSR count). The lowest BCUT2D eigenvalue weighted by atomic mass is 10.2. The maximum atomic E-state index is 11.9. The van der Waals surface area contributed by atoms with Crippen LogP contribution in [-0.4, -0.2) is 13.1 Å². The molecule has 19 heavy (non-hydrogen) atoms. The van der Waals surface area contributed by atoms with Crippen LogP contribution < -0.4 is 4.74 Å². The molecule has 0 saturated carbocycles. The number of esters is 1. The molecule has 0 radical (unpaired) electrons. The molecule has 2 aromatic carbocycles. The van der Waals surface area contributed by atoms with Gasteiger partial charge in [0.2, 0.25) is 0 Å². The summed E-state index contributed by atoms with van der Waals surface area (Å²) in [6, 6.07) is 14.7. The maximum Gasteiger partial charge on any atom is 0.338 e. The third kappa shape index (κ3) is 3.58. The van der Waals surface area contributed by atoms with Crippen LogP contribution >= 0.6 is 15.9 Å². The highest BCUT2D eigenvalue weighted by atomic mass is 79.9. The van der Waals surface area contributed by atoms with Crippen LogP contribution in [0.25, 0.3) is 0 Å². The monoisotopic (exact) mass is 320 g/mol. The van der Waals surface area contributed by atoms with E-state index in [1.54, 1.807) is 25.3 Å².